The molecule has 2 heteroatoms. The number of hydrogen-bond donors (Lipinski definition) is 0. The van der Waals surface area contributed by atoms with Gasteiger partial charge in [-0.3, -0.25) is 0 Å². The van der Waals surface area contributed by atoms with Gasteiger partial charge in [-0.05, 0) is 23.3 Å². The first kappa shape index (κ1) is 15.8. The Kier molecular flexibility index (Phi) is 4.93. The number of hydrogen-bond acceptors (Lipinski definition) is 2. The lowest BCUT2D eigenvalue weighted by Gasteiger charge is -2.28. The fourth-order valence-electron chi connectivity index (χ4n) is 2.92. The van der Waals surface area contributed by atoms with Crippen molar-refractivity contribution in [2.75, 3.05) is 6.61 Å². The molecule has 0 amide bonds. The Bertz CT molecular complexity index is 752. The lowest BCUT2D eigenvalue weighted by Crippen LogP contribution is -2.28. The maximum Gasteiger partial charge on any atom is 0.119 e. The van der Waals surface area contributed by atoms with Crippen LogP contribution in [-0.2, 0) is 5.41 Å². The van der Waals surface area contributed by atoms with Crippen LogP contribution in [0.2, 0.25) is 0 Å². The minimum Gasteiger partial charge on any atom is -0.494 e. The van der Waals surface area contributed by atoms with Gasteiger partial charge in [-0.1, -0.05) is 78.9 Å². The van der Waals surface area contributed by atoms with Crippen molar-refractivity contribution in [2.45, 2.75) is 11.8 Å². The summed E-state index contributed by atoms with van der Waals surface area (Å²) in [5, 5.41) is 10.1. The molecule has 0 radical (unpaired) electrons. The van der Waals surface area contributed by atoms with E-state index in [1.54, 1.807) is 0 Å². The van der Waals surface area contributed by atoms with Crippen molar-refractivity contribution in [3.63, 3.8) is 0 Å². The normalized spacial score (nSPS) is 10.8. The molecule has 0 aliphatic carbocycles. The number of rotatable bonds is 6. The summed E-state index contributed by atoms with van der Waals surface area (Å²) in [5.74, 6) is 0.825. The number of nitriles is 1. The summed E-state index contributed by atoms with van der Waals surface area (Å²) in [6.07, 6.45) is 0.590. The predicted octanol–water partition coefficient (Wildman–Crippen LogP) is 4.97. The van der Waals surface area contributed by atoms with Gasteiger partial charge in [0.05, 0.1) is 12.7 Å². The first-order chi connectivity index (χ1) is 11.8. The highest BCUT2D eigenvalue weighted by atomic mass is 16.5. The van der Waals surface area contributed by atoms with E-state index in [1.165, 1.54) is 0 Å². The second-order valence-electron chi connectivity index (χ2n) is 5.66. The highest BCUT2D eigenvalue weighted by Crippen LogP contribution is 2.35. The molecule has 0 bridgehead atoms. The average Bonchev–Trinajstić information content (AvgIpc) is 2.68. The molecule has 0 aromatic heterocycles. The quantitative estimate of drug-likeness (QED) is 0.644. The molecule has 0 atom stereocenters. The standard InChI is InChI=1S/C22H19NO/c23-18-22(19-10-4-1-5-11-19,20-12-6-2-7-13-20)16-17-24-21-14-8-3-9-15-21/h1-15H,16-17H2. The number of para-hydroxylation sites is 1. The SMILES string of the molecule is N#CC(CCOc1ccccc1)(c1ccccc1)c1ccccc1. The fraction of sp³-hybridized carbons (Fsp3) is 0.136. The van der Waals surface area contributed by atoms with E-state index < -0.39 is 5.41 Å². The minimum atomic E-state index is -0.711. The summed E-state index contributed by atoms with van der Waals surface area (Å²) in [5.41, 5.74) is 1.28. The third-order valence-electron chi connectivity index (χ3n) is 4.21. The molecule has 24 heavy (non-hydrogen) atoms. The van der Waals surface area contributed by atoms with Gasteiger partial charge in [0.2, 0.25) is 0 Å². The molecular formula is C22H19NO. The molecule has 3 rings (SSSR count). The van der Waals surface area contributed by atoms with Gasteiger partial charge in [-0.2, -0.15) is 5.26 Å². The molecule has 0 unspecified atom stereocenters. The van der Waals surface area contributed by atoms with Crippen LogP contribution in [0.25, 0.3) is 0 Å². The molecule has 0 saturated carbocycles. The molecule has 118 valence electrons. The van der Waals surface area contributed by atoms with E-state index in [0.717, 1.165) is 16.9 Å². The van der Waals surface area contributed by atoms with Crippen LogP contribution in [0.1, 0.15) is 17.5 Å². The summed E-state index contributed by atoms with van der Waals surface area (Å²) in [4.78, 5) is 0. The first-order valence-electron chi connectivity index (χ1n) is 8.05. The third kappa shape index (κ3) is 3.31. The van der Waals surface area contributed by atoms with Crippen molar-refractivity contribution in [2.24, 2.45) is 0 Å². The van der Waals surface area contributed by atoms with E-state index in [2.05, 4.69) is 6.07 Å². The van der Waals surface area contributed by atoms with Gasteiger partial charge >= 0.3 is 0 Å². The molecule has 0 aliphatic heterocycles. The summed E-state index contributed by atoms with van der Waals surface area (Å²) >= 11 is 0. The summed E-state index contributed by atoms with van der Waals surface area (Å²) in [6, 6.07) is 32.2. The molecule has 0 aliphatic rings. The van der Waals surface area contributed by atoms with E-state index in [4.69, 9.17) is 4.74 Å². The van der Waals surface area contributed by atoms with Crippen LogP contribution in [0.5, 0.6) is 5.75 Å². The molecule has 2 nitrogen and oxygen atoms in total. The van der Waals surface area contributed by atoms with Gasteiger partial charge in [0.25, 0.3) is 0 Å². The van der Waals surface area contributed by atoms with Crippen molar-refractivity contribution < 1.29 is 4.74 Å². The van der Waals surface area contributed by atoms with E-state index >= 15 is 0 Å². The lowest BCUT2D eigenvalue weighted by molar-refractivity contribution is 0.290. The second kappa shape index (κ2) is 7.48. The van der Waals surface area contributed by atoms with E-state index in [9.17, 15) is 5.26 Å². The van der Waals surface area contributed by atoms with Gasteiger partial charge in [-0.25, -0.2) is 0 Å². The maximum absolute atomic E-state index is 10.1. The van der Waals surface area contributed by atoms with Crippen molar-refractivity contribution in [1.82, 2.24) is 0 Å². The van der Waals surface area contributed by atoms with Crippen LogP contribution in [0.15, 0.2) is 91.0 Å². The van der Waals surface area contributed by atoms with Crippen LogP contribution in [0, 0.1) is 11.3 Å². The molecule has 0 heterocycles. The zero-order valence-corrected chi connectivity index (χ0v) is 13.4. The van der Waals surface area contributed by atoms with Crippen LogP contribution in [0.3, 0.4) is 0 Å². The Balaban J connectivity index is 1.89. The monoisotopic (exact) mass is 313 g/mol. The highest BCUT2D eigenvalue weighted by Gasteiger charge is 2.34. The van der Waals surface area contributed by atoms with Crippen LogP contribution >= 0.6 is 0 Å². The van der Waals surface area contributed by atoms with Crippen LogP contribution in [-0.4, -0.2) is 6.61 Å². The smallest absolute Gasteiger partial charge is 0.119 e. The molecule has 3 aromatic carbocycles. The van der Waals surface area contributed by atoms with Gasteiger partial charge in [0.1, 0.15) is 11.2 Å². The molecule has 0 N–H and O–H groups in total. The zero-order valence-electron chi connectivity index (χ0n) is 13.4. The Morgan fingerprint density at radius 1 is 0.708 bits per heavy atom. The van der Waals surface area contributed by atoms with Crippen LogP contribution < -0.4 is 4.74 Å². The highest BCUT2D eigenvalue weighted by molar-refractivity contribution is 5.45. The Morgan fingerprint density at radius 2 is 1.17 bits per heavy atom. The van der Waals surface area contributed by atoms with Gasteiger partial charge in [0, 0.05) is 6.42 Å². The minimum absolute atomic E-state index is 0.474. The van der Waals surface area contributed by atoms with Gasteiger partial charge in [-0.15, -0.1) is 0 Å². The molecule has 3 aromatic rings. The molecular weight excluding hydrogens is 294 g/mol. The Labute approximate surface area is 143 Å². The van der Waals surface area contributed by atoms with E-state index in [1.807, 2.05) is 91.0 Å². The summed E-state index contributed by atoms with van der Waals surface area (Å²) < 4.78 is 5.86. The molecule has 0 saturated heterocycles. The topological polar surface area (TPSA) is 33.0 Å². The van der Waals surface area contributed by atoms with Gasteiger partial charge < -0.3 is 4.74 Å². The third-order valence-corrected chi connectivity index (χ3v) is 4.21. The Morgan fingerprint density at radius 3 is 1.62 bits per heavy atom. The predicted molar refractivity (Wildman–Crippen MR) is 95.8 cm³/mol. The van der Waals surface area contributed by atoms with Crippen molar-refractivity contribution in [3.05, 3.63) is 102 Å². The van der Waals surface area contributed by atoms with E-state index in [0.29, 0.717) is 13.0 Å². The lowest BCUT2D eigenvalue weighted by atomic mass is 9.73. The van der Waals surface area contributed by atoms with E-state index in [-0.39, 0.29) is 0 Å². The van der Waals surface area contributed by atoms with Crippen LogP contribution in [0.4, 0.5) is 0 Å². The fourth-order valence-corrected chi connectivity index (χ4v) is 2.92. The molecule has 0 fully saturated rings. The van der Waals surface area contributed by atoms with Crippen molar-refractivity contribution >= 4 is 0 Å². The maximum atomic E-state index is 10.1. The average molecular weight is 313 g/mol. The van der Waals surface area contributed by atoms with Crippen molar-refractivity contribution in [1.29, 1.82) is 5.26 Å². The second-order valence-corrected chi connectivity index (χ2v) is 5.66. The first-order valence-corrected chi connectivity index (χ1v) is 8.05. The zero-order chi connectivity index (χ0) is 16.7. The Hall–Kier alpha value is -3.05. The van der Waals surface area contributed by atoms with Gasteiger partial charge in [0.15, 0.2) is 0 Å². The summed E-state index contributed by atoms with van der Waals surface area (Å²) in [6.45, 7) is 0.474. The largest absolute Gasteiger partial charge is 0.494 e. The van der Waals surface area contributed by atoms with Crippen molar-refractivity contribution in [3.8, 4) is 11.8 Å². The molecule has 0 spiro atoms. The number of ether oxygens (including phenoxy) is 1. The number of benzene rings is 3. The summed E-state index contributed by atoms with van der Waals surface area (Å²) in [7, 11) is 0. The number of nitrogens with zero attached hydrogens (tertiary/aromatic N) is 1.